The van der Waals surface area contributed by atoms with Crippen molar-refractivity contribution in [3.8, 4) is 0 Å². The van der Waals surface area contributed by atoms with Crippen molar-refractivity contribution in [1.29, 1.82) is 0 Å². The summed E-state index contributed by atoms with van der Waals surface area (Å²) in [6, 6.07) is 0. The molecule has 1 aliphatic rings. The Labute approximate surface area is 51.8 Å². The summed E-state index contributed by atoms with van der Waals surface area (Å²) in [5.74, 6) is 0. The summed E-state index contributed by atoms with van der Waals surface area (Å²) in [5.41, 5.74) is 0.366. The Hall–Kier alpha value is -0.0300. The third-order valence-corrected chi connectivity index (χ3v) is 0.808. The molecule has 1 rings (SSSR count). The molecule has 0 fully saturated rings. The van der Waals surface area contributed by atoms with Gasteiger partial charge in [0.15, 0.2) is 0 Å². The van der Waals surface area contributed by atoms with Gasteiger partial charge in [0.05, 0.1) is 0 Å². The van der Waals surface area contributed by atoms with Gasteiger partial charge in [0.1, 0.15) is 0 Å². The smallest absolute Gasteiger partial charge is 0.212 e. The van der Waals surface area contributed by atoms with Crippen LogP contribution >= 0.6 is 25.3 Å². The minimum atomic E-state index is 0.366. The number of nitrogens with zero attached hydrogens (tertiary/aromatic N) is 3. The van der Waals surface area contributed by atoms with Gasteiger partial charge in [-0.15, -0.1) is 35.5 Å². The van der Waals surface area contributed by atoms with Gasteiger partial charge >= 0.3 is 0 Å². The molecule has 0 saturated heterocycles. The second-order valence-electron chi connectivity index (χ2n) is 0.912. The van der Waals surface area contributed by atoms with E-state index >= 15 is 0 Å². The normalized spacial score (nSPS) is 20.6. The number of hydrogen-bond acceptors (Lipinski definition) is 4. The molecule has 0 amide bonds. The van der Waals surface area contributed by atoms with Crippen molar-refractivity contribution in [2.75, 3.05) is 0 Å². The number of rotatable bonds is 0. The van der Waals surface area contributed by atoms with Crippen molar-refractivity contribution < 1.29 is 0 Å². The van der Waals surface area contributed by atoms with Gasteiger partial charge in [-0.05, 0) is 0 Å². The maximum absolute atomic E-state index is 3.77. The predicted octanol–water partition coefficient (Wildman–Crippen LogP) is 1.11. The van der Waals surface area contributed by atoms with Gasteiger partial charge in [0.2, 0.25) is 5.17 Å². The third-order valence-electron chi connectivity index (χ3n) is 0.429. The summed E-state index contributed by atoms with van der Waals surface area (Å²) < 4.78 is 0. The highest BCUT2D eigenvalue weighted by Gasteiger charge is 2.05. The molecule has 0 N–H and O–H groups in total. The lowest BCUT2D eigenvalue weighted by atomic mass is 11.2. The van der Waals surface area contributed by atoms with Crippen LogP contribution in [0.5, 0.6) is 0 Å². The topological polar surface area (TPSA) is 37.1 Å². The summed E-state index contributed by atoms with van der Waals surface area (Å²) in [7, 11) is 0. The summed E-state index contributed by atoms with van der Waals surface area (Å²) in [6.45, 7) is 0. The molecule has 0 aromatic carbocycles. The monoisotopic (exact) mass is 132 g/mol. The maximum Gasteiger partial charge on any atom is 0.273 e. The average molecular weight is 132 g/mol. The fourth-order valence-electron chi connectivity index (χ4n) is 0.224. The maximum atomic E-state index is 3.77. The SMILES string of the molecule is S[C]1N=NC(S)=N1. The number of aliphatic imine (C=N–C) groups is 1. The molecule has 5 heteroatoms. The van der Waals surface area contributed by atoms with Gasteiger partial charge in [0, 0.05) is 0 Å². The minimum Gasteiger partial charge on any atom is -0.212 e. The summed E-state index contributed by atoms with van der Waals surface area (Å²) in [5, 5.41) is 7.25. The van der Waals surface area contributed by atoms with E-state index in [0.717, 1.165) is 0 Å². The van der Waals surface area contributed by atoms with Gasteiger partial charge in [0.25, 0.3) is 5.50 Å². The molecular weight excluding hydrogens is 130 g/mol. The van der Waals surface area contributed by atoms with E-state index in [1.54, 1.807) is 0 Å². The van der Waals surface area contributed by atoms with Gasteiger partial charge in [-0.25, -0.2) is 4.99 Å². The van der Waals surface area contributed by atoms with Crippen LogP contribution in [0.4, 0.5) is 0 Å². The third kappa shape index (κ3) is 1.17. The first kappa shape index (κ1) is 5.11. The van der Waals surface area contributed by atoms with E-state index in [9.17, 15) is 0 Å². The van der Waals surface area contributed by atoms with Crippen LogP contribution in [0.25, 0.3) is 0 Å². The van der Waals surface area contributed by atoms with Crippen LogP contribution in [0.2, 0.25) is 0 Å². The Morgan fingerprint density at radius 3 is 2.00 bits per heavy atom. The second-order valence-corrected chi connectivity index (χ2v) is 1.71. The zero-order chi connectivity index (χ0) is 5.28. The van der Waals surface area contributed by atoms with Gasteiger partial charge < -0.3 is 0 Å². The molecule has 1 heterocycles. The van der Waals surface area contributed by atoms with E-state index in [1.807, 2.05) is 0 Å². The molecule has 0 saturated carbocycles. The zero-order valence-electron chi connectivity index (χ0n) is 3.24. The molecule has 7 heavy (non-hydrogen) atoms. The van der Waals surface area contributed by atoms with E-state index in [2.05, 4.69) is 40.5 Å². The Bertz CT molecular complexity index is 129. The molecule has 1 aliphatic heterocycles. The molecule has 0 bridgehead atoms. The molecule has 0 spiro atoms. The molecule has 0 unspecified atom stereocenters. The summed E-state index contributed by atoms with van der Waals surface area (Å²) in [4.78, 5) is 3.62. The Morgan fingerprint density at radius 2 is 1.86 bits per heavy atom. The first-order valence-corrected chi connectivity index (χ1v) is 2.44. The molecule has 37 valence electrons. The van der Waals surface area contributed by atoms with Crippen LogP contribution in [-0.2, 0) is 0 Å². The van der Waals surface area contributed by atoms with E-state index < -0.39 is 0 Å². The average Bonchev–Trinajstić information content (AvgIpc) is 1.87. The lowest BCUT2D eigenvalue weighted by Crippen LogP contribution is -1.69. The van der Waals surface area contributed by atoms with Crippen molar-refractivity contribution in [2.45, 2.75) is 0 Å². The fourth-order valence-corrected chi connectivity index (χ4v) is 0.581. The Morgan fingerprint density at radius 1 is 1.14 bits per heavy atom. The molecule has 0 aliphatic carbocycles. The van der Waals surface area contributed by atoms with Crippen molar-refractivity contribution in [3.05, 3.63) is 5.50 Å². The largest absolute Gasteiger partial charge is 0.273 e. The van der Waals surface area contributed by atoms with Crippen molar-refractivity contribution in [1.82, 2.24) is 0 Å². The molecule has 0 aromatic rings. The van der Waals surface area contributed by atoms with Crippen LogP contribution in [-0.4, -0.2) is 5.17 Å². The van der Waals surface area contributed by atoms with Crippen LogP contribution in [0.15, 0.2) is 15.2 Å². The highest BCUT2D eigenvalue weighted by molar-refractivity contribution is 7.97. The molecular formula is C2H2N3S2. The number of thiol groups is 2. The summed E-state index contributed by atoms with van der Waals surface area (Å²) >= 11 is 7.54. The molecule has 0 aromatic heterocycles. The number of azo groups is 1. The lowest BCUT2D eigenvalue weighted by Gasteiger charge is -1.77. The first-order valence-electron chi connectivity index (χ1n) is 1.54. The van der Waals surface area contributed by atoms with E-state index in [-0.39, 0.29) is 0 Å². The quantitative estimate of drug-likeness (QED) is 0.463. The molecule has 3 nitrogen and oxygen atoms in total. The summed E-state index contributed by atoms with van der Waals surface area (Å²) in [6.07, 6.45) is 0. The van der Waals surface area contributed by atoms with Crippen molar-refractivity contribution >= 4 is 30.4 Å². The van der Waals surface area contributed by atoms with E-state index in [0.29, 0.717) is 10.7 Å². The molecule has 1 radical (unpaired) electrons. The van der Waals surface area contributed by atoms with Gasteiger partial charge in [-0.3, -0.25) is 0 Å². The van der Waals surface area contributed by atoms with Crippen molar-refractivity contribution in [2.24, 2.45) is 15.2 Å². The van der Waals surface area contributed by atoms with Crippen molar-refractivity contribution in [3.63, 3.8) is 0 Å². The highest BCUT2D eigenvalue weighted by atomic mass is 32.1. The second kappa shape index (κ2) is 1.83. The highest BCUT2D eigenvalue weighted by Crippen LogP contribution is 2.17. The number of amidine groups is 1. The predicted molar refractivity (Wildman–Crippen MR) is 33.5 cm³/mol. The Kier molecular flexibility index (Phi) is 1.34. The van der Waals surface area contributed by atoms with Crippen LogP contribution < -0.4 is 0 Å². The van der Waals surface area contributed by atoms with E-state index in [4.69, 9.17) is 0 Å². The van der Waals surface area contributed by atoms with Crippen LogP contribution in [0.3, 0.4) is 0 Å². The molecule has 0 atom stereocenters. The lowest BCUT2D eigenvalue weighted by molar-refractivity contribution is 1.16. The van der Waals surface area contributed by atoms with Crippen LogP contribution in [0, 0.1) is 5.50 Å². The standard InChI is InChI=1S/C2H2N3S2/c6-1-3-2(7)5-4-1/h6H,(H,3,7). The van der Waals surface area contributed by atoms with E-state index in [1.165, 1.54) is 0 Å². The Balaban J connectivity index is 2.69. The first-order chi connectivity index (χ1) is 3.29. The van der Waals surface area contributed by atoms with Gasteiger partial charge in [-0.2, -0.15) is 0 Å². The van der Waals surface area contributed by atoms with Crippen LogP contribution in [0.1, 0.15) is 0 Å². The zero-order valence-corrected chi connectivity index (χ0v) is 5.02. The number of hydrogen-bond donors (Lipinski definition) is 2. The van der Waals surface area contributed by atoms with Gasteiger partial charge in [-0.1, -0.05) is 0 Å². The fraction of sp³-hybridized carbons (Fsp3) is 0. The minimum absolute atomic E-state index is 0.366.